The van der Waals surface area contributed by atoms with Gasteiger partial charge in [0.25, 0.3) is 0 Å². The lowest BCUT2D eigenvalue weighted by atomic mass is 10.2. The monoisotopic (exact) mass is 437 g/mol. The maximum Gasteiger partial charge on any atom is 0.180 e. The Kier molecular flexibility index (Phi) is 8.90. The molecular formula is C22H29Cl2N3O2. The quantitative estimate of drug-likeness (QED) is 0.550. The summed E-state index contributed by atoms with van der Waals surface area (Å²) in [5, 5.41) is 8.11. The van der Waals surface area contributed by atoms with Crippen molar-refractivity contribution < 1.29 is 9.47 Å². The molecule has 2 aromatic rings. The van der Waals surface area contributed by atoms with Gasteiger partial charge < -0.3 is 20.1 Å². The Morgan fingerprint density at radius 2 is 1.90 bits per heavy atom. The zero-order valence-corrected chi connectivity index (χ0v) is 18.4. The molecule has 2 aromatic carbocycles. The first-order chi connectivity index (χ1) is 14.2. The predicted molar refractivity (Wildman–Crippen MR) is 119 cm³/mol. The van der Waals surface area contributed by atoms with Crippen molar-refractivity contribution in [3.05, 3.63) is 57.6 Å². The number of rotatable bonds is 10. The SMILES string of the molecule is CCOc1cc(CNCCN2CCNCC2)cc(Cl)c1OCc1cccc(Cl)c1. The van der Waals surface area contributed by atoms with Gasteiger partial charge >= 0.3 is 0 Å². The third-order valence-electron chi connectivity index (χ3n) is 4.78. The molecule has 3 rings (SSSR count). The number of piperazine rings is 1. The van der Waals surface area contributed by atoms with Gasteiger partial charge in [0.05, 0.1) is 11.6 Å². The molecule has 29 heavy (non-hydrogen) atoms. The molecule has 1 saturated heterocycles. The van der Waals surface area contributed by atoms with Gasteiger partial charge in [-0.15, -0.1) is 0 Å². The van der Waals surface area contributed by atoms with Crippen molar-refractivity contribution in [3.8, 4) is 11.5 Å². The van der Waals surface area contributed by atoms with Crippen molar-refractivity contribution in [1.29, 1.82) is 0 Å². The summed E-state index contributed by atoms with van der Waals surface area (Å²) in [6.45, 7) is 9.97. The maximum absolute atomic E-state index is 6.53. The van der Waals surface area contributed by atoms with Crippen molar-refractivity contribution in [2.24, 2.45) is 0 Å². The number of halogens is 2. The van der Waals surface area contributed by atoms with Crippen LogP contribution in [-0.4, -0.2) is 50.8 Å². The lowest BCUT2D eigenvalue weighted by molar-refractivity contribution is 0.241. The molecule has 0 aliphatic carbocycles. The fraction of sp³-hybridized carbons (Fsp3) is 0.455. The standard InChI is InChI=1S/C22H29Cl2N3O2/c1-2-28-21-14-18(15-26-8-11-27-9-6-25-7-10-27)13-20(24)22(21)29-16-17-4-3-5-19(23)12-17/h3-5,12-14,25-26H,2,6-11,15-16H2,1H3. The fourth-order valence-corrected chi connectivity index (χ4v) is 3.81. The highest BCUT2D eigenvalue weighted by atomic mass is 35.5. The molecule has 1 fully saturated rings. The molecule has 2 N–H and O–H groups in total. The first-order valence-electron chi connectivity index (χ1n) is 10.1. The summed E-state index contributed by atoms with van der Waals surface area (Å²) in [5.41, 5.74) is 2.06. The Bertz CT molecular complexity index is 783. The first kappa shape index (κ1) is 22.2. The van der Waals surface area contributed by atoms with Crippen molar-refractivity contribution in [3.63, 3.8) is 0 Å². The highest BCUT2D eigenvalue weighted by Crippen LogP contribution is 2.37. The Labute approximate surface area is 183 Å². The molecule has 1 aliphatic heterocycles. The summed E-state index contributed by atoms with van der Waals surface area (Å²) in [4.78, 5) is 2.47. The molecule has 0 amide bonds. The summed E-state index contributed by atoms with van der Waals surface area (Å²) in [7, 11) is 0. The predicted octanol–water partition coefficient (Wildman–Crippen LogP) is 3.97. The number of nitrogens with zero attached hydrogens (tertiary/aromatic N) is 1. The van der Waals surface area contributed by atoms with Crippen LogP contribution in [0.2, 0.25) is 10.0 Å². The molecule has 0 atom stereocenters. The molecule has 7 heteroatoms. The number of benzene rings is 2. The third-order valence-corrected chi connectivity index (χ3v) is 5.30. The Morgan fingerprint density at radius 3 is 2.66 bits per heavy atom. The van der Waals surface area contributed by atoms with Crippen molar-refractivity contribution in [1.82, 2.24) is 15.5 Å². The van der Waals surface area contributed by atoms with Crippen LogP contribution in [0.3, 0.4) is 0 Å². The largest absolute Gasteiger partial charge is 0.490 e. The van der Waals surface area contributed by atoms with Crippen LogP contribution in [0.15, 0.2) is 36.4 Å². The molecule has 0 unspecified atom stereocenters. The Morgan fingerprint density at radius 1 is 1.07 bits per heavy atom. The van der Waals surface area contributed by atoms with Crippen LogP contribution < -0.4 is 20.1 Å². The first-order valence-corrected chi connectivity index (χ1v) is 10.9. The van der Waals surface area contributed by atoms with Crippen molar-refractivity contribution in [2.75, 3.05) is 45.9 Å². The smallest absolute Gasteiger partial charge is 0.180 e. The zero-order chi connectivity index (χ0) is 20.5. The van der Waals surface area contributed by atoms with E-state index < -0.39 is 0 Å². The van der Waals surface area contributed by atoms with E-state index in [1.807, 2.05) is 43.3 Å². The Balaban J connectivity index is 1.57. The zero-order valence-electron chi connectivity index (χ0n) is 16.8. The third kappa shape index (κ3) is 7.05. The van der Waals surface area contributed by atoms with E-state index in [2.05, 4.69) is 15.5 Å². The fourth-order valence-electron chi connectivity index (χ4n) is 3.31. The van der Waals surface area contributed by atoms with Crippen LogP contribution in [0, 0.1) is 0 Å². The molecule has 0 spiro atoms. The highest BCUT2D eigenvalue weighted by Gasteiger charge is 2.14. The molecule has 1 heterocycles. The van der Waals surface area contributed by atoms with Crippen LogP contribution in [0.25, 0.3) is 0 Å². The Hall–Kier alpha value is -1.50. The van der Waals surface area contributed by atoms with E-state index >= 15 is 0 Å². The molecule has 0 saturated carbocycles. The van der Waals surface area contributed by atoms with Crippen LogP contribution in [0.5, 0.6) is 11.5 Å². The molecule has 0 aromatic heterocycles. The second-order valence-electron chi connectivity index (χ2n) is 7.02. The molecule has 158 valence electrons. The van der Waals surface area contributed by atoms with Crippen molar-refractivity contribution >= 4 is 23.2 Å². The van der Waals surface area contributed by atoms with Gasteiger partial charge in [-0.1, -0.05) is 35.3 Å². The van der Waals surface area contributed by atoms with E-state index in [0.717, 1.165) is 56.9 Å². The van der Waals surface area contributed by atoms with Gasteiger partial charge in [-0.3, -0.25) is 4.90 Å². The lowest BCUT2D eigenvalue weighted by Gasteiger charge is -2.27. The second-order valence-corrected chi connectivity index (χ2v) is 7.87. The topological polar surface area (TPSA) is 45.8 Å². The number of ether oxygens (including phenoxy) is 2. The average molecular weight is 438 g/mol. The van der Waals surface area contributed by atoms with E-state index in [1.165, 1.54) is 0 Å². The van der Waals surface area contributed by atoms with Crippen LogP contribution in [-0.2, 0) is 13.2 Å². The van der Waals surface area contributed by atoms with Gasteiger partial charge in [0.2, 0.25) is 0 Å². The normalized spacial score (nSPS) is 14.7. The minimum Gasteiger partial charge on any atom is -0.490 e. The van der Waals surface area contributed by atoms with Gasteiger partial charge in [0, 0.05) is 50.8 Å². The van der Waals surface area contributed by atoms with Crippen LogP contribution in [0.1, 0.15) is 18.1 Å². The van der Waals surface area contributed by atoms with E-state index in [-0.39, 0.29) is 0 Å². The minimum absolute atomic E-state index is 0.378. The summed E-state index contributed by atoms with van der Waals surface area (Å²) in [5.74, 6) is 1.24. The average Bonchev–Trinajstić information content (AvgIpc) is 2.72. The number of hydrogen-bond donors (Lipinski definition) is 2. The van der Waals surface area contributed by atoms with Crippen molar-refractivity contribution in [2.45, 2.75) is 20.1 Å². The number of hydrogen-bond acceptors (Lipinski definition) is 5. The second kappa shape index (κ2) is 11.6. The van der Waals surface area contributed by atoms with E-state index in [4.69, 9.17) is 32.7 Å². The number of nitrogens with one attached hydrogen (secondary N) is 2. The summed E-state index contributed by atoms with van der Waals surface area (Å²) in [6, 6.07) is 11.5. The molecule has 0 bridgehead atoms. The van der Waals surface area contributed by atoms with E-state index in [9.17, 15) is 0 Å². The van der Waals surface area contributed by atoms with Gasteiger partial charge in [0.15, 0.2) is 11.5 Å². The van der Waals surface area contributed by atoms with Gasteiger partial charge in [-0.05, 0) is 42.3 Å². The molecular weight excluding hydrogens is 409 g/mol. The highest BCUT2D eigenvalue weighted by molar-refractivity contribution is 6.32. The minimum atomic E-state index is 0.378. The molecule has 0 radical (unpaired) electrons. The van der Waals surface area contributed by atoms with E-state index in [1.54, 1.807) is 0 Å². The van der Waals surface area contributed by atoms with E-state index in [0.29, 0.717) is 34.8 Å². The molecule has 5 nitrogen and oxygen atoms in total. The summed E-state index contributed by atoms with van der Waals surface area (Å²) >= 11 is 12.6. The van der Waals surface area contributed by atoms with Gasteiger partial charge in [0.1, 0.15) is 6.61 Å². The maximum atomic E-state index is 6.53. The lowest BCUT2D eigenvalue weighted by Crippen LogP contribution is -2.45. The van der Waals surface area contributed by atoms with Gasteiger partial charge in [-0.2, -0.15) is 0 Å². The molecule has 1 aliphatic rings. The summed E-state index contributed by atoms with van der Waals surface area (Å²) < 4.78 is 11.8. The summed E-state index contributed by atoms with van der Waals surface area (Å²) in [6.07, 6.45) is 0. The van der Waals surface area contributed by atoms with Crippen LogP contribution >= 0.6 is 23.2 Å². The van der Waals surface area contributed by atoms with Crippen LogP contribution in [0.4, 0.5) is 0 Å². The van der Waals surface area contributed by atoms with Gasteiger partial charge in [-0.25, -0.2) is 0 Å².